The lowest BCUT2D eigenvalue weighted by Crippen LogP contribution is -2.08. The summed E-state index contributed by atoms with van der Waals surface area (Å²) in [5, 5.41) is 0. The predicted molar refractivity (Wildman–Crippen MR) is 65.8 cm³/mol. The molecule has 18 heavy (non-hydrogen) atoms. The van der Waals surface area contributed by atoms with Crippen molar-refractivity contribution in [2.24, 2.45) is 0 Å². The number of hydrogen-bond donors (Lipinski definition) is 0. The minimum atomic E-state index is -4.33. The van der Waals surface area contributed by atoms with Crippen LogP contribution in [0, 0.1) is 0 Å². The molecule has 4 heteroatoms. The Balaban J connectivity index is 3.24. The molecular weight excluding hydrogens is 241 g/mol. The Morgan fingerprint density at radius 2 is 2.06 bits per heavy atom. The van der Waals surface area contributed by atoms with Crippen molar-refractivity contribution in [1.82, 2.24) is 0 Å². The lowest BCUT2D eigenvalue weighted by molar-refractivity contribution is -0.137. The molecule has 0 amide bonds. The monoisotopic (exact) mass is 258 g/mol. The summed E-state index contributed by atoms with van der Waals surface area (Å²) in [6.45, 7) is 5.58. The van der Waals surface area contributed by atoms with Crippen LogP contribution in [0.3, 0.4) is 0 Å². The SMILES string of the molecule is C=CCC(CC)c1cc(C(F)(F)F)ccc1OC. The minimum absolute atomic E-state index is 0.000231. The maximum Gasteiger partial charge on any atom is 0.416 e. The van der Waals surface area contributed by atoms with Gasteiger partial charge in [0.2, 0.25) is 0 Å². The van der Waals surface area contributed by atoms with Gasteiger partial charge in [0.15, 0.2) is 0 Å². The Bertz CT molecular complexity index is 410. The number of rotatable bonds is 5. The molecule has 1 unspecified atom stereocenters. The lowest BCUT2D eigenvalue weighted by Gasteiger charge is -2.19. The van der Waals surface area contributed by atoms with Gasteiger partial charge in [-0.1, -0.05) is 13.0 Å². The van der Waals surface area contributed by atoms with Crippen LogP contribution in [0.1, 0.15) is 36.8 Å². The van der Waals surface area contributed by atoms with Gasteiger partial charge in [-0.15, -0.1) is 6.58 Å². The first-order valence-corrected chi connectivity index (χ1v) is 5.80. The standard InChI is InChI=1S/C14H17F3O/c1-4-6-10(5-2)12-9-11(14(15,16)17)7-8-13(12)18-3/h4,7-10H,1,5-6H2,2-3H3. The summed E-state index contributed by atoms with van der Waals surface area (Å²) >= 11 is 0. The fourth-order valence-corrected chi connectivity index (χ4v) is 1.94. The molecule has 0 N–H and O–H groups in total. The van der Waals surface area contributed by atoms with Crippen LogP contribution >= 0.6 is 0 Å². The third-order valence-corrected chi connectivity index (χ3v) is 2.94. The van der Waals surface area contributed by atoms with Crippen molar-refractivity contribution in [2.45, 2.75) is 31.9 Å². The van der Waals surface area contributed by atoms with Gasteiger partial charge in [0.1, 0.15) is 5.75 Å². The van der Waals surface area contributed by atoms with Crippen LogP contribution in [0.25, 0.3) is 0 Å². The predicted octanol–water partition coefficient (Wildman–Crippen LogP) is 4.78. The number of benzene rings is 1. The Kier molecular flexibility index (Phi) is 4.82. The van der Waals surface area contributed by atoms with Crippen molar-refractivity contribution in [3.8, 4) is 5.75 Å². The summed E-state index contributed by atoms with van der Waals surface area (Å²) in [5.41, 5.74) is -0.0458. The lowest BCUT2D eigenvalue weighted by atomic mass is 9.91. The first-order chi connectivity index (χ1) is 8.43. The van der Waals surface area contributed by atoms with Crippen molar-refractivity contribution in [2.75, 3.05) is 7.11 Å². The van der Waals surface area contributed by atoms with Crippen molar-refractivity contribution in [3.05, 3.63) is 42.0 Å². The van der Waals surface area contributed by atoms with Crippen LogP contribution in [0.4, 0.5) is 13.2 Å². The third kappa shape index (κ3) is 3.28. The Hall–Kier alpha value is -1.45. The molecule has 1 aromatic carbocycles. The number of halogens is 3. The van der Waals surface area contributed by atoms with Gasteiger partial charge in [0.05, 0.1) is 12.7 Å². The molecule has 1 rings (SSSR count). The van der Waals surface area contributed by atoms with E-state index in [9.17, 15) is 13.2 Å². The van der Waals surface area contributed by atoms with E-state index < -0.39 is 11.7 Å². The van der Waals surface area contributed by atoms with Crippen LogP contribution < -0.4 is 4.74 Å². The molecule has 1 nitrogen and oxygen atoms in total. The fourth-order valence-electron chi connectivity index (χ4n) is 1.94. The second kappa shape index (κ2) is 5.94. The van der Waals surface area contributed by atoms with Crippen molar-refractivity contribution in [1.29, 1.82) is 0 Å². The molecule has 0 aliphatic rings. The number of methoxy groups -OCH3 is 1. The Morgan fingerprint density at radius 1 is 1.39 bits per heavy atom. The van der Waals surface area contributed by atoms with Crippen LogP contribution in [0.5, 0.6) is 5.75 Å². The molecule has 1 aromatic rings. The molecule has 0 fully saturated rings. The van der Waals surface area contributed by atoms with E-state index in [1.54, 1.807) is 6.08 Å². The molecule has 0 aromatic heterocycles. The van der Waals surface area contributed by atoms with Gasteiger partial charge in [-0.05, 0) is 42.5 Å². The van der Waals surface area contributed by atoms with E-state index in [1.165, 1.54) is 19.2 Å². The number of ether oxygens (including phenoxy) is 1. The number of alkyl halides is 3. The Morgan fingerprint density at radius 3 is 2.50 bits per heavy atom. The summed E-state index contributed by atoms with van der Waals surface area (Å²) in [6.07, 6.45) is -1.24. The zero-order chi connectivity index (χ0) is 13.8. The molecule has 100 valence electrons. The van der Waals surface area contributed by atoms with Gasteiger partial charge < -0.3 is 4.74 Å². The summed E-state index contributed by atoms with van der Waals surface area (Å²) < 4.78 is 43.2. The molecule has 0 spiro atoms. The molecule has 0 heterocycles. The first-order valence-electron chi connectivity index (χ1n) is 5.80. The highest BCUT2D eigenvalue weighted by molar-refractivity contribution is 5.41. The summed E-state index contributed by atoms with van der Waals surface area (Å²) in [7, 11) is 1.47. The maximum absolute atomic E-state index is 12.7. The molecule has 0 aliphatic carbocycles. The molecule has 0 aliphatic heterocycles. The molecular formula is C14H17F3O. The zero-order valence-corrected chi connectivity index (χ0v) is 10.6. The average molecular weight is 258 g/mol. The molecule has 0 radical (unpaired) electrons. The van der Waals surface area contributed by atoms with E-state index >= 15 is 0 Å². The van der Waals surface area contributed by atoms with E-state index in [1.807, 2.05) is 6.92 Å². The fraction of sp³-hybridized carbons (Fsp3) is 0.429. The van der Waals surface area contributed by atoms with Gasteiger partial charge >= 0.3 is 6.18 Å². The van der Waals surface area contributed by atoms with Gasteiger partial charge in [-0.2, -0.15) is 13.2 Å². The third-order valence-electron chi connectivity index (χ3n) is 2.94. The van der Waals surface area contributed by atoms with Crippen molar-refractivity contribution in [3.63, 3.8) is 0 Å². The van der Waals surface area contributed by atoms with E-state index in [0.717, 1.165) is 12.5 Å². The molecule has 0 bridgehead atoms. The Labute approximate surface area is 105 Å². The zero-order valence-electron chi connectivity index (χ0n) is 10.6. The van der Waals surface area contributed by atoms with Gasteiger partial charge in [-0.25, -0.2) is 0 Å². The second-order valence-electron chi connectivity index (χ2n) is 4.08. The smallest absolute Gasteiger partial charge is 0.416 e. The molecule has 0 saturated carbocycles. The van der Waals surface area contributed by atoms with Crippen molar-refractivity contribution >= 4 is 0 Å². The highest BCUT2D eigenvalue weighted by Gasteiger charge is 2.31. The second-order valence-corrected chi connectivity index (χ2v) is 4.08. The van der Waals surface area contributed by atoms with Gasteiger partial charge in [0.25, 0.3) is 0 Å². The number of hydrogen-bond acceptors (Lipinski definition) is 1. The molecule has 0 saturated heterocycles. The van der Waals surface area contributed by atoms with Gasteiger partial charge in [0, 0.05) is 0 Å². The van der Waals surface area contributed by atoms with Crippen molar-refractivity contribution < 1.29 is 17.9 Å². The van der Waals surface area contributed by atoms with Crippen LogP contribution in [-0.4, -0.2) is 7.11 Å². The first kappa shape index (κ1) is 14.6. The van der Waals surface area contributed by atoms with Crippen LogP contribution in [0.2, 0.25) is 0 Å². The van der Waals surface area contributed by atoms with E-state index in [0.29, 0.717) is 17.7 Å². The van der Waals surface area contributed by atoms with Gasteiger partial charge in [-0.3, -0.25) is 0 Å². The summed E-state index contributed by atoms with van der Waals surface area (Å²) in [4.78, 5) is 0. The minimum Gasteiger partial charge on any atom is -0.496 e. The van der Waals surface area contributed by atoms with E-state index in [-0.39, 0.29) is 5.92 Å². The topological polar surface area (TPSA) is 9.23 Å². The highest BCUT2D eigenvalue weighted by atomic mass is 19.4. The van der Waals surface area contributed by atoms with E-state index in [4.69, 9.17) is 4.74 Å². The highest BCUT2D eigenvalue weighted by Crippen LogP contribution is 2.37. The average Bonchev–Trinajstić information content (AvgIpc) is 2.34. The van der Waals surface area contributed by atoms with E-state index in [2.05, 4.69) is 6.58 Å². The normalized spacial score (nSPS) is 13.2. The van der Waals surface area contributed by atoms with Crippen LogP contribution in [0.15, 0.2) is 30.9 Å². The summed E-state index contributed by atoms with van der Waals surface area (Å²) in [6, 6.07) is 3.60. The largest absolute Gasteiger partial charge is 0.496 e. The van der Waals surface area contributed by atoms with Crippen LogP contribution in [-0.2, 0) is 6.18 Å². The summed E-state index contributed by atoms with van der Waals surface area (Å²) in [5.74, 6) is 0.497. The molecule has 1 atom stereocenters. The maximum atomic E-state index is 12.7. The quantitative estimate of drug-likeness (QED) is 0.690. The number of allylic oxidation sites excluding steroid dienone is 1.